The van der Waals surface area contributed by atoms with E-state index in [0.29, 0.717) is 5.76 Å². The Bertz CT molecular complexity index is 696. The molecule has 0 radical (unpaired) electrons. The van der Waals surface area contributed by atoms with Gasteiger partial charge < -0.3 is 20.3 Å². The number of hydrogen-bond donors (Lipinski definition) is 3. The van der Waals surface area contributed by atoms with E-state index in [1.54, 1.807) is 13.0 Å². The third-order valence-electron chi connectivity index (χ3n) is 3.70. The van der Waals surface area contributed by atoms with Gasteiger partial charge in [0.05, 0.1) is 6.42 Å². The molecule has 0 aromatic heterocycles. The van der Waals surface area contributed by atoms with Crippen molar-refractivity contribution in [2.45, 2.75) is 32.4 Å². The molecule has 2 rings (SSSR count). The molecule has 128 valence electrons. The topological polar surface area (TPSA) is 113 Å². The van der Waals surface area contributed by atoms with Crippen LogP contribution in [0.1, 0.15) is 24.5 Å². The maximum absolute atomic E-state index is 12.3. The number of carboxylic acid groups (broad SMARTS) is 2. The molecule has 0 saturated heterocycles. The van der Waals surface area contributed by atoms with Gasteiger partial charge >= 0.3 is 11.9 Å². The average Bonchev–Trinajstić information content (AvgIpc) is 2.88. The summed E-state index contributed by atoms with van der Waals surface area (Å²) in [6.07, 6.45) is 0.211. The molecular weight excluding hydrogens is 314 g/mol. The number of carbonyl (C=O) groups is 3. The summed E-state index contributed by atoms with van der Waals surface area (Å²) in [6.45, 7) is 3.72. The molecule has 1 heterocycles. The Morgan fingerprint density at radius 1 is 1.29 bits per heavy atom. The number of ether oxygens (including phenoxy) is 1. The van der Waals surface area contributed by atoms with Gasteiger partial charge in [-0.05, 0) is 19.1 Å². The van der Waals surface area contributed by atoms with Gasteiger partial charge in [0.25, 0.3) is 5.91 Å². The van der Waals surface area contributed by atoms with Crippen LogP contribution in [0.4, 0.5) is 0 Å². The van der Waals surface area contributed by atoms with Gasteiger partial charge in [-0.25, -0.2) is 4.79 Å². The van der Waals surface area contributed by atoms with E-state index in [0.717, 1.165) is 11.1 Å². The Hall–Kier alpha value is -2.83. The third-order valence-corrected chi connectivity index (χ3v) is 3.70. The van der Waals surface area contributed by atoms with Crippen molar-refractivity contribution < 1.29 is 29.3 Å². The summed E-state index contributed by atoms with van der Waals surface area (Å²) < 4.78 is 5.67. The zero-order valence-corrected chi connectivity index (χ0v) is 13.4. The van der Waals surface area contributed by atoms with Crippen LogP contribution in [0, 0.1) is 12.8 Å². The number of amides is 1. The zero-order valence-electron chi connectivity index (χ0n) is 13.4. The lowest BCUT2D eigenvalue weighted by atomic mass is 10.0. The highest BCUT2D eigenvalue weighted by Gasteiger charge is 2.35. The van der Waals surface area contributed by atoms with Crippen LogP contribution in [-0.4, -0.2) is 40.2 Å². The average molecular weight is 333 g/mol. The van der Waals surface area contributed by atoms with E-state index in [-0.39, 0.29) is 5.92 Å². The van der Waals surface area contributed by atoms with Crippen LogP contribution >= 0.6 is 0 Å². The smallest absolute Gasteiger partial charge is 0.326 e. The standard InChI is InChI=1S/C17H19NO6/c1-9-4-3-5-11(6-9)13-7-10(2)15(24-13)16(21)18-12(17(22)23)8-14(19)20/h3-7,10,12,15H,8H2,1-2H3,(H,18,21)(H,19,20)(H,22,23)/t10?,12-,15?/m0/s1. The second-order valence-corrected chi connectivity index (χ2v) is 5.80. The van der Waals surface area contributed by atoms with Crippen molar-refractivity contribution in [2.24, 2.45) is 5.92 Å². The van der Waals surface area contributed by atoms with E-state index >= 15 is 0 Å². The van der Waals surface area contributed by atoms with Gasteiger partial charge in [-0.1, -0.05) is 30.7 Å². The molecule has 1 aliphatic heterocycles. The third kappa shape index (κ3) is 4.13. The molecule has 7 heteroatoms. The second kappa shape index (κ2) is 7.16. The molecule has 0 bridgehead atoms. The van der Waals surface area contributed by atoms with Crippen molar-refractivity contribution >= 4 is 23.6 Å². The predicted molar refractivity (Wildman–Crippen MR) is 85.0 cm³/mol. The highest BCUT2D eigenvalue weighted by atomic mass is 16.5. The van der Waals surface area contributed by atoms with Gasteiger partial charge in [0.15, 0.2) is 6.10 Å². The zero-order chi connectivity index (χ0) is 17.9. The molecule has 1 amide bonds. The van der Waals surface area contributed by atoms with Gasteiger partial charge in [-0.15, -0.1) is 0 Å². The summed E-state index contributed by atoms with van der Waals surface area (Å²) in [5, 5.41) is 20.0. The Kier molecular flexibility index (Phi) is 5.23. The fraction of sp³-hybridized carbons (Fsp3) is 0.353. The fourth-order valence-corrected chi connectivity index (χ4v) is 2.49. The van der Waals surface area contributed by atoms with Crippen molar-refractivity contribution in [2.75, 3.05) is 0 Å². The van der Waals surface area contributed by atoms with Crippen molar-refractivity contribution in [1.29, 1.82) is 0 Å². The number of carboxylic acids is 2. The first kappa shape index (κ1) is 17.5. The molecule has 2 unspecified atom stereocenters. The molecule has 0 spiro atoms. The Morgan fingerprint density at radius 3 is 2.58 bits per heavy atom. The Labute approximate surface area is 138 Å². The number of aryl methyl sites for hydroxylation is 1. The second-order valence-electron chi connectivity index (χ2n) is 5.80. The number of carbonyl (C=O) groups excluding carboxylic acids is 1. The number of hydrogen-bond acceptors (Lipinski definition) is 4. The monoisotopic (exact) mass is 333 g/mol. The first-order chi connectivity index (χ1) is 11.3. The molecule has 1 aromatic rings. The van der Waals surface area contributed by atoms with Crippen LogP contribution < -0.4 is 5.32 Å². The molecule has 1 aliphatic rings. The summed E-state index contributed by atoms with van der Waals surface area (Å²) in [4.78, 5) is 34.0. The summed E-state index contributed by atoms with van der Waals surface area (Å²) in [5.41, 5.74) is 1.88. The highest BCUT2D eigenvalue weighted by molar-refractivity contribution is 5.90. The van der Waals surface area contributed by atoms with Crippen LogP contribution in [-0.2, 0) is 19.1 Å². The summed E-state index contributed by atoms with van der Waals surface area (Å²) >= 11 is 0. The lowest BCUT2D eigenvalue weighted by molar-refractivity contribution is -0.148. The van der Waals surface area contributed by atoms with Crippen molar-refractivity contribution in [3.63, 3.8) is 0 Å². The minimum atomic E-state index is -1.49. The lowest BCUT2D eigenvalue weighted by Crippen LogP contribution is -2.47. The minimum absolute atomic E-state index is 0.264. The van der Waals surface area contributed by atoms with E-state index in [4.69, 9.17) is 14.9 Å². The highest BCUT2D eigenvalue weighted by Crippen LogP contribution is 2.30. The lowest BCUT2D eigenvalue weighted by Gasteiger charge is -2.19. The van der Waals surface area contributed by atoms with E-state index in [2.05, 4.69) is 5.32 Å². The number of nitrogens with one attached hydrogen (secondary N) is 1. The van der Waals surface area contributed by atoms with Gasteiger partial charge in [0.1, 0.15) is 11.8 Å². The molecule has 3 N–H and O–H groups in total. The van der Waals surface area contributed by atoms with Gasteiger partial charge in [-0.2, -0.15) is 0 Å². The molecule has 0 aliphatic carbocycles. The van der Waals surface area contributed by atoms with Gasteiger partial charge in [-0.3, -0.25) is 9.59 Å². The molecule has 24 heavy (non-hydrogen) atoms. The van der Waals surface area contributed by atoms with Crippen LogP contribution in [0.25, 0.3) is 5.76 Å². The van der Waals surface area contributed by atoms with Gasteiger partial charge in [0.2, 0.25) is 0 Å². The number of rotatable bonds is 6. The van der Waals surface area contributed by atoms with Crippen molar-refractivity contribution in [3.8, 4) is 0 Å². The fourth-order valence-electron chi connectivity index (χ4n) is 2.49. The normalized spacial score (nSPS) is 20.7. The Morgan fingerprint density at radius 2 is 2.00 bits per heavy atom. The number of benzene rings is 1. The molecular formula is C17H19NO6. The maximum atomic E-state index is 12.3. The molecule has 0 saturated carbocycles. The summed E-state index contributed by atoms with van der Waals surface area (Å²) in [7, 11) is 0. The first-order valence-corrected chi connectivity index (χ1v) is 7.48. The van der Waals surface area contributed by atoms with Crippen molar-refractivity contribution in [1.82, 2.24) is 5.32 Å². The first-order valence-electron chi connectivity index (χ1n) is 7.48. The minimum Gasteiger partial charge on any atom is -0.481 e. The molecule has 3 atom stereocenters. The van der Waals surface area contributed by atoms with Crippen LogP contribution in [0.15, 0.2) is 30.3 Å². The summed E-state index contributed by atoms with van der Waals surface area (Å²) in [6, 6.07) is 6.10. The largest absolute Gasteiger partial charge is 0.481 e. The number of aliphatic carboxylic acids is 2. The molecule has 0 fully saturated rings. The van der Waals surface area contributed by atoms with E-state index < -0.39 is 36.4 Å². The quantitative estimate of drug-likeness (QED) is 0.725. The summed E-state index contributed by atoms with van der Waals surface area (Å²) in [5.74, 6) is -3.06. The molecule has 7 nitrogen and oxygen atoms in total. The van der Waals surface area contributed by atoms with Crippen LogP contribution in [0.3, 0.4) is 0 Å². The van der Waals surface area contributed by atoms with Gasteiger partial charge in [0, 0.05) is 11.5 Å². The van der Waals surface area contributed by atoms with Crippen LogP contribution in [0.5, 0.6) is 0 Å². The SMILES string of the molecule is Cc1cccc(C2=CC(C)C(C(=O)N[C@@H](CC(=O)O)C(=O)O)O2)c1. The predicted octanol–water partition coefficient (Wildman–Crippen LogP) is 1.41. The van der Waals surface area contributed by atoms with E-state index in [1.165, 1.54) is 0 Å². The Balaban J connectivity index is 2.07. The van der Waals surface area contributed by atoms with Crippen molar-refractivity contribution in [3.05, 3.63) is 41.5 Å². The van der Waals surface area contributed by atoms with E-state index in [1.807, 2.05) is 31.2 Å². The van der Waals surface area contributed by atoms with E-state index in [9.17, 15) is 14.4 Å². The van der Waals surface area contributed by atoms with Crippen LogP contribution in [0.2, 0.25) is 0 Å². The molecule has 1 aromatic carbocycles. The maximum Gasteiger partial charge on any atom is 0.326 e.